The molecule has 0 saturated carbocycles. The number of hydrogen-bond acceptors (Lipinski definition) is 6. The number of hydrogen-bond donors (Lipinski definition) is 1. The standard InChI is InChI=1S/C24H29NO6/c1-18(20-11-13-22(14-12-20)31-21-9-4-3-5-10-21)25-30-15-7-6-8-19-16-28-24(2,23(26)27)29-17-19/h3-5,9-14,19H,6-8,15-17H2,1-2H3,(H,26,27). The molecule has 166 valence electrons. The van der Waals surface area contributed by atoms with Crippen molar-refractivity contribution < 1.29 is 28.9 Å². The average molecular weight is 427 g/mol. The van der Waals surface area contributed by atoms with Crippen molar-refractivity contribution in [2.45, 2.75) is 38.9 Å². The van der Waals surface area contributed by atoms with Crippen molar-refractivity contribution in [2.24, 2.45) is 11.1 Å². The first-order valence-electron chi connectivity index (χ1n) is 10.5. The smallest absolute Gasteiger partial charge is 0.364 e. The van der Waals surface area contributed by atoms with Crippen LogP contribution in [0.4, 0.5) is 0 Å². The SMILES string of the molecule is CC(=NOCCCCC1COC(C)(C(=O)O)OC1)c1ccc(Oc2ccccc2)cc1. The zero-order valence-electron chi connectivity index (χ0n) is 18.0. The fraction of sp³-hybridized carbons (Fsp3) is 0.417. The van der Waals surface area contributed by atoms with Crippen LogP contribution >= 0.6 is 0 Å². The molecule has 31 heavy (non-hydrogen) atoms. The summed E-state index contributed by atoms with van der Waals surface area (Å²) in [4.78, 5) is 16.5. The third-order valence-corrected chi connectivity index (χ3v) is 5.13. The van der Waals surface area contributed by atoms with Gasteiger partial charge in [-0.3, -0.25) is 0 Å². The van der Waals surface area contributed by atoms with Gasteiger partial charge in [0, 0.05) is 12.8 Å². The molecule has 7 heteroatoms. The summed E-state index contributed by atoms with van der Waals surface area (Å²) in [6, 6.07) is 17.4. The fourth-order valence-corrected chi connectivity index (χ4v) is 3.12. The summed E-state index contributed by atoms with van der Waals surface area (Å²) in [5.74, 6) is -0.841. The Bertz CT molecular complexity index is 857. The average Bonchev–Trinajstić information content (AvgIpc) is 2.78. The molecule has 0 bridgehead atoms. The van der Waals surface area contributed by atoms with Crippen LogP contribution in [0, 0.1) is 5.92 Å². The number of ether oxygens (including phenoxy) is 3. The van der Waals surface area contributed by atoms with Crippen LogP contribution in [0.2, 0.25) is 0 Å². The summed E-state index contributed by atoms with van der Waals surface area (Å²) in [6.45, 7) is 4.65. The molecule has 2 aromatic rings. The lowest BCUT2D eigenvalue weighted by molar-refractivity contribution is -0.271. The highest BCUT2D eigenvalue weighted by atomic mass is 16.7. The van der Waals surface area contributed by atoms with Gasteiger partial charge < -0.3 is 24.2 Å². The Morgan fingerprint density at radius 2 is 1.71 bits per heavy atom. The van der Waals surface area contributed by atoms with Crippen molar-refractivity contribution in [3.8, 4) is 11.5 Å². The fourth-order valence-electron chi connectivity index (χ4n) is 3.12. The summed E-state index contributed by atoms with van der Waals surface area (Å²) in [5.41, 5.74) is 1.77. The molecule has 1 heterocycles. The van der Waals surface area contributed by atoms with Crippen molar-refractivity contribution in [1.82, 2.24) is 0 Å². The minimum absolute atomic E-state index is 0.203. The van der Waals surface area contributed by atoms with Gasteiger partial charge in [-0.15, -0.1) is 0 Å². The predicted octanol–water partition coefficient (Wildman–Crippen LogP) is 4.85. The first-order valence-corrected chi connectivity index (χ1v) is 10.5. The van der Waals surface area contributed by atoms with E-state index in [2.05, 4.69) is 5.16 Å². The Labute approximate surface area is 182 Å². The molecule has 0 spiro atoms. The molecule has 0 amide bonds. The van der Waals surface area contributed by atoms with Crippen LogP contribution in [-0.4, -0.2) is 42.4 Å². The van der Waals surface area contributed by atoms with Gasteiger partial charge in [-0.2, -0.15) is 0 Å². The minimum Gasteiger partial charge on any atom is -0.477 e. The van der Waals surface area contributed by atoms with E-state index in [1.165, 1.54) is 6.92 Å². The van der Waals surface area contributed by atoms with E-state index in [0.29, 0.717) is 19.8 Å². The number of nitrogens with zero attached hydrogens (tertiary/aromatic N) is 1. The monoisotopic (exact) mass is 427 g/mol. The van der Waals surface area contributed by atoms with Crippen LogP contribution in [0.25, 0.3) is 0 Å². The van der Waals surface area contributed by atoms with Gasteiger partial charge in [0.25, 0.3) is 5.79 Å². The maximum Gasteiger partial charge on any atom is 0.364 e. The first kappa shape index (κ1) is 22.8. The number of carbonyl (C=O) groups is 1. The van der Waals surface area contributed by atoms with Gasteiger partial charge in [0.05, 0.1) is 18.9 Å². The van der Waals surface area contributed by atoms with Crippen molar-refractivity contribution in [3.05, 3.63) is 60.2 Å². The Morgan fingerprint density at radius 3 is 2.35 bits per heavy atom. The van der Waals surface area contributed by atoms with Crippen LogP contribution in [0.3, 0.4) is 0 Å². The lowest BCUT2D eigenvalue weighted by atomic mass is 10.0. The number of rotatable bonds is 10. The Balaban J connectivity index is 1.33. The van der Waals surface area contributed by atoms with E-state index < -0.39 is 11.8 Å². The minimum atomic E-state index is -1.52. The van der Waals surface area contributed by atoms with Crippen molar-refractivity contribution >= 4 is 11.7 Å². The highest BCUT2D eigenvalue weighted by Gasteiger charge is 2.40. The highest BCUT2D eigenvalue weighted by molar-refractivity contribution is 5.98. The van der Waals surface area contributed by atoms with E-state index in [-0.39, 0.29) is 5.92 Å². The molecule has 0 aliphatic carbocycles. The largest absolute Gasteiger partial charge is 0.477 e. The lowest BCUT2D eigenvalue weighted by Crippen LogP contribution is -2.47. The summed E-state index contributed by atoms with van der Waals surface area (Å²) in [7, 11) is 0. The summed E-state index contributed by atoms with van der Waals surface area (Å²) in [6.07, 6.45) is 2.68. The van der Waals surface area contributed by atoms with E-state index in [1.54, 1.807) is 0 Å². The van der Waals surface area contributed by atoms with Crippen molar-refractivity contribution in [3.63, 3.8) is 0 Å². The summed E-state index contributed by atoms with van der Waals surface area (Å²) in [5, 5.41) is 13.3. The number of unbranched alkanes of at least 4 members (excludes halogenated alkanes) is 1. The predicted molar refractivity (Wildman–Crippen MR) is 116 cm³/mol. The molecule has 0 atom stereocenters. The highest BCUT2D eigenvalue weighted by Crippen LogP contribution is 2.24. The molecule has 1 aliphatic rings. The first-order chi connectivity index (χ1) is 15.0. The molecule has 7 nitrogen and oxygen atoms in total. The second kappa shape index (κ2) is 10.9. The molecular weight excluding hydrogens is 398 g/mol. The second-order valence-electron chi connectivity index (χ2n) is 7.68. The number of carboxylic acid groups (broad SMARTS) is 1. The zero-order valence-corrected chi connectivity index (χ0v) is 18.0. The van der Waals surface area contributed by atoms with Gasteiger partial charge in [-0.25, -0.2) is 4.79 Å². The van der Waals surface area contributed by atoms with Crippen LogP contribution in [-0.2, 0) is 19.1 Å². The van der Waals surface area contributed by atoms with Crippen LogP contribution in [0.15, 0.2) is 59.8 Å². The van der Waals surface area contributed by atoms with Crippen LogP contribution in [0.5, 0.6) is 11.5 Å². The van der Waals surface area contributed by atoms with Crippen LogP contribution in [0.1, 0.15) is 38.7 Å². The Kier molecular flexibility index (Phi) is 8.03. The molecule has 3 rings (SSSR count). The molecule has 0 radical (unpaired) electrons. The van der Waals surface area contributed by atoms with E-state index in [0.717, 1.165) is 42.0 Å². The van der Waals surface area contributed by atoms with E-state index >= 15 is 0 Å². The van der Waals surface area contributed by atoms with Gasteiger partial charge in [-0.1, -0.05) is 23.4 Å². The van der Waals surface area contributed by atoms with Crippen molar-refractivity contribution in [1.29, 1.82) is 0 Å². The summed E-state index contributed by atoms with van der Waals surface area (Å²) >= 11 is 0. The molecule has 2 aromatic carbocycles. The Hall–Kier alpha value is -2.90. The van der Waals surface area contributed by atoms with E-state index in [4.69, 9.17) is 24.2 Å². The second-order valence-corrected chi connectivity index (χ2v) is 7.68. The third-order valence-electron chi connectivity index (χ3n) is 5.13. The van der Waals surface area contributed by atoms with Gasteiger partial charge in [0.15, 0.2) is 0 Å². The van der Waals surface area contributed by atoms with Gasteiger partial charge >= 0.3 is 5.97 Å². The van der Waals surface area contributed by atoms with Gasteiger partial charge in [-0.05, 0) is 68.1 Å². The molecule has 1 fully saturated rings. The quantitative estimate of drug-likeness (QED) is 0.331. The Morgan fingerprint density at radius 1 is 1.06 bits per heavy atom. The maximum atomic E-state index is 11.1. The van der Waals surface area contributed by atoms with Crippen LogP contribution < -0.4 is 4.74 Å². The number of carboxylic acids is 1. The van der Waals surface area contributed by atoms with E-state index in [1.807, 2.05) is 61.5 Å². The zero-order chi connectivity index (χ0) is 22.1. The number of oxime groups is 1. The molecule has 1 N–H and O–H groups in total. The number of aliphatic carboxylic acids is 1. The topological polar surface area (TPSA) is 86.6 Å². The normalized spacial score (nSPS) is 21.5. The van der Waals surface area contributed by atoms with Gasteiger partial charge in [0.1, 0.15) is 18.1 Å². The van der Waals surface area contributed by atoms with Gasteiger partial charge in [0.2, 0.25) is 0 Å². The molecule has 1 saturated heterocycles. The lowest BCUT2D eigenvalue weighted by Gasteiger charge is -2.34. The third kappa shape index (κ3) is 6.80. The maximum absolute atomic E-state index is 11.1. The molecule has 1 aliphatic heterocycles. The number of para-hydroxylation sites is 1. The number of benzene rings is 2. The van der Waals surface area contributed by atoms with E-state index in [9.17, 15) is 4.79 Å². The van der Waals surface area contributed by atoms with Crippen molar-refractivity contribution in [2.75, 3.05) is 19.8 Å². The molecular formula is C24H29NO6. The summed E-state index contributed by atoms with van der Waals surface area (Å²) < 4.78 is 16.5. The molecule has 0 aromatic heterocycles. The molecule has 0 unspecified atom stereocenters.